The van der Waals surface area contributed by atoms with Gasteiger partial charge in [-0.15, -0.1) is 0 Å². The lowest BCUT2D eigenvalue weighted by Gasteiger charge is -2.11. The fourth-order valence-electron chi connectivity index (χ4n) is 1.67. The standard InChI is InChI=1S/C15H12FN3S/c1-10-5-6-14(13(16)7-10)19-15(20)18-12-4-2-3-11(8-12)9-17/h2-8H,1H3,(H2,18,19,20). The molecule has 0 heterocycles. The Bertz CT molecular complexity index is 692. The number of nitrogens with zero attached hydrogens (tertiary/aromatic N) is 1. The zero-order valence-electron chi connectivity index (χ0n) is 10.8. The summed E-state index contributed by atoms with van der Waals surface area (Å²) in [5, 5.41) is 14.8. The van der Waals surface area contributed by atoms with E-state index in [4.69, 9.17) is 17.5 Å². The quantitative estimate of drug-likeness (QED) is 0.824. The minimum atomic E-state index is -0.361. The van der Waals surface area contributed by atoms with Crippen molar-refractivity contribution in [2.45, 2.75) is 6.92 Å². The lowest BCUT2D eigenvalue weighted by atomic mass is 10.2. The van der Waals surface area contributed by atoms with Gasteiger partial charge in [0.2, 0.25) is 0 Å². The Balaban J connectivity index is 2.07. The molecule has 0 saturated carbocycles. The van der Waals surface area contributed by atoms with E-state index in [-0.39, 0.29) is 10.9 Å². The number of halogens is 1. The average molecular weight is 285 g/mol. The summed E-state index contributed by atoms with van der Waals surface area (Å²) in [6, 6.07) is 13.8. The molecule has 0 bridgehead atoms. The number of aryl methyl sites for hydroxylation is 1. The van der Waals surface area contributed by atoms with Crippen LogP contribution in [0.3, 0.4) is 0 Å². The minimum Gasteiger partial charge on any atom is -0.332 e. The molecule has 0 fully saturated rings. The molecule has 2 aromatic carbocycles. The SMILES string of the molecule is Cc1ccc(NC(=S)Nc2cccc(C#N)c2)c(F)c1. The number of nitriles is 1. The number of rotatable bonds is 2. The van der Waals surface area contributed by atoms with Crippen molar-refractivity contribution in [2.75, 3.05) is 10.6 Å². The summed E-state index contributed by atoms with van der Waals surface area (Å²) in [6.07, 6.45) is 0. The van der Waals surface area contributed by atoms with E-state index in [1.54, 1.807) is 36.4 Å². The fraction of sp³-hybridized carbons (Fsp3) is 0.0667. The first-order chi connectivity index (χ1) is 9.58. The van der Waals surface area contributed by atoms with E-state index in [1.807, 2.05) is 13.0 Å². The van der Waals surface area contributed by atoms with Crippen molar-refractivity contribution in [3.63, 3.8) is 0 Å². The Hall–Kier alpha value is -2.45. The van der Waals surface area contributed by atoms with Crippen molar-refractivity contribution in [3.8, 4) is 6.07 Å². The number of nitrogens with one attached hydrogen (secondary N) is 2. The highest BCUT2D eigenvalue weighted by Gasteiger charge is 2.05. The van der Waals surface area contributed by atoms with Gasteiger partial charge in [-0.25, -0.2) is 4.39 Å². The molecule has 0 spiro atoms. The first kappa shape index (κ1) is 14.0. The summed E-state index contributed by atoms with van der Waals surface area (Å²) < 4.78 is 13.7. The van der Waals surface area contributed by atoms with E-state index in [1.165, 1.54) is 6.07 Å². The molecule has 0 aliphatic carbocycles. The molecule has 5 heteroatoms. The second-order valence-corrected chi connectivity index (χ2v) is 4.66. The summed E-state index contributed by atoms with van der Waals surface area (Å²) in [7, 11) is 0. The van der Waals surface area contributed by atoms with Crippen molar-refractivity contribution in [2.24, 2.45) is 0 Å². The van der Waals surface area contributed by atoms with E-state index in [2.05, 4.69) is 10.6 Å². The topological polar surface area (TPSA) is 47.8 Å². The van der Waals surface area contributed by atoms with Crippen LogP contribution >= 0.6 is 12.2 Å². The van der Waals surface area contributed by atoms with Crippen LogP contribution in [-0.4, -0.2) is 5.11 Å². The van der Waals surface area contributed by atoms with Crippen molar-refractivity contribution in [1.82, 2.24) is 0 Å². The molecule has 0 aromatic heterocycles. The average Bonchev–Trinajstić information content (AvgIpc) is 2.42. The van der Waals surface area contributed by atoms with Crippen molar-refractivity contribution >= 4 is 28.7 Å². The number of hydrogen-bond donors (Lipinski definition) is 2. The number of benzene rings is 2. The lowest BCUT2D eigenvalue weighted by Crippen LogP contribution is -2.19. The van der Waals surface area contributed by atoms with E-state index >= 15 is 0 Å². The molecule has 2 aromatic rings. The normalized spacial score (nSPS) is 9.65. The molecule has 2 N–H and O–H groups in total. The third-order valence-corrected chi connectivity index (χ3v) is 2.83. The molecule has 0 atom stereocenters. The van der Waals surface area contributed by atoms with Gasteiger partial charge in [-0.3, -0.25) is 0 Å². The van der Waals surface area contributed by atoms with Crippen LogP contribution in [0.15, 0.2) is 42.5 Å². The Morgan fingerprint density at radius 2 is 2.00 bits per heavy atom. The van der Waals surface area contributed by atoms with Gasteiger partial charge in [0.05, 0.1) is 17.3 Å². The van der Waals surface area contributed by atoms with Crippen LogP contribution in [0.2, 0.25) is 0 Å². The summed E-state index contributed by atoms with van der Waals surface area (Å²) in [6.45, 7) is 1.82. The van der Waals surface area contributed by atoms with Crippen LogP contribution in [0.25, 0.3) is 0 Å². The van der Waals surface area contributed by atoms with Crippen molar-refractivity contribution in [3.05, 3.63) is 59.4 Å². The summed E-state index contributed by atoms with van der Waals surface area (Å²) in [5.74, 6) is -0.361. The highest BCUT2D eigenvalue weighted by atomic mass is 32.1. The van der Waals surface area contributed by atoms with Gasteiger partial charge < -0.3 is 10.6 Å². The maximum absolute atomic E-state index is 13.7. The monoisotopic (exact) mass is 285 g/mol. The molecule has 0 aliphatic heterocycles. The molecular weight excluding hydrogens is 273 g/mol. The summed E-state index contributed by atoms with van der Waals surface area (Å²) in [5.41, 5.74) is 2.35. The molecular formula is C15H12FN3S. The van der Waals surface area contributed by atoms with Crippen LogP contribution in [0, 0.1) is 24.1 Å². The second kappa shape index (κ2) is 6.13. The van der Waals surface area contributed by atoms with Crippen LogP contribution in [0.1, 0.15) is 11.1 Å². The third kappa shape index (κ3) is 3.53. The van der Waals surface area contributed by atoms with Gasteiger partial charge in [0.1, 0.15) is 5.82 Å². The first-order valence-corrected chi connectivity index (χ1v) is 6.33. The zero-order valence-corrected chi connectivity index (χ0v) is 11.6. The predicted octanol–water partition coefficient (Wildman–Crippen LogP) is 3.81. The van der Waals surface area contributed by atoms with Gasteiger partial charge >= 0.3 is 0 Å². The fourth-order valence-corrected chi connectivity index (χ4v) is 1.90. The van der Waals surface area contributed by atoms with Crippen LogP contribution in [-0.2, 0) is 0 Å². The molecule has 0 aliphatic rings. The Kier molecular flexibility index (Phi) is 4.28. The maximum atomic E-state index is 13.7. The van der Waals surface area contributed by atoms with Gasteiger partial charge in [0.15, 0.2) is 5.11 Å². The molecule has 0 amide bonds. The van der Waals surface area contributed by atoms with E-state index < -0.39 is 0 Å². The van der Waals surface area contributed by atoms with Crippen LogP contribution < -0.4 is 10.6 Å². The summed E-state index contributed by atoms with van der Waals surface area (Å²) >= 11 is 5.12. The van der Waals surface area contributed by atoms with E-state index in [9.17, 15) is 4.39 Å². The smallest absolute Gasteiger partial charge is 0.175 e. The molecule has 3 nitrogen and oxygen atoms in total. The molecule has 100 valence electrons. The maximum Gasteiger partial charge on any atom is 0.175 e. The largest absolute Gasteiger partial charge is 0.332 e. The number of anilines is 2. The van der Waals surface area contributed by atoms with Gasteiger partial charge in [-0.1, -0.05) is 12.1 Å². The predicted molar refractivity (Wildman–Crippen MR) is 82.1 cm³/mol. The minimum absolute atomic E-state index is 0.267. The number of hydrogen-bond acceptors (Lipinski definition) is 2. The van der Waals surface area contributed by atoms with Gasteiger partial charge in [0.25, 0.3) is 0 Å². The Morgan fingerprint density at radius 1 is 1.20 bits per heavy atom. The second-order valence-electron chi connectivity index (χ2n) is 4.26. The lowest BCUT2D eigenvalue weighted by molar-refractivity contribution is 0.631. The van der Waals surface area contributed by atoms with Crippen LogP contribution in [0.5, 0.6) is 0 Å². The van der Waals surface area contributed by atoms with Crippen molar-refractivity contribution in [1.29, 1.82) is 5.26 Å². The third-order valence-electron chi connectivity index (χ3n) is 2.62. The first-order valence-electron chi connectivity index (χ1n) is 5.93. The highest BCUT2D eigenvalue weighted by Crippen LogP contribution is 2.16. The highest BCUT2D eigenvalue weighted by molar-refractivity contribution is 7.80. The van der Waals surface area contributed by atoms with Gasteiger partial charge in [-0.2, -0.15) is 5.26 Å². The van der Waals surface area contributed by atoms with Gasteiger partial charge in [0, 0.05) is 5.69 Å². The molecule has 2 rings (SSSR count). The summed E-state index contributed by atoms with van der Waals surface area (Å²) in [4.78, 5) is 0. The Labute approximate surface area is 122 Å². The molecule has 0 radical (unpaired) electrons. The zero-order chi connectivity index (χ0) is 14.5. The number of thiocarbonyl (C=S) groups is 1. The molecule has 0 unspecified atom stereocenters. The Morgan fingerprint density at radius 3 is 2.70 bits per heavy atom. The van der Waals surface area contributed by atoms with Crippen molar-refractivity contribution < 1.29 is 4.39 Å². The van der Waals surface area contributed by atoms with Crippen LogP contribution in [0.4, 0.5) is 15.8 Å². The van der Waals surface area contributed by atoms with Gasteiger partial charge in [-0.05, 0) is 55.0 Å². The molecule has 0 saturated heterocycles. The van der Waals surface area contributed by atoms with E-state index in [0.717, 1.165) is 5.56 Å². The molecule has 20 heavy (non-hydrogen) atoms. The van der Waals surface area contributed by atoms with E-state index in [0.29, 0.717) is 16.9 Å².